The fourth-order valence-corrected chi connectivity index (χ4v) is 6.96. The summed E-state index contributed by atoms with van der Waals surface area (Å²) < 4.78 is 47.4. The molecule has 2 saturated heterocycles. The van der Waals surface area contributed by atoms with Gasteiger partial charge in [0.15, 0.2) is 5.69 Å². The molecule has 4 aromatic rings. The Labute approximate surface area is 302 Å². The monoisotopic (exact) mass is 736 g/mol. The van der Waals surface area contributed by atoms with Crippen LogP contribution in [-0.4, -0.2) is 91.1 Å². The zero-order chi connectivity index (χ0) is 38.0. The third-order valence-corrected chi connectivity index (χ3v) is 9.59. The van der Waals surface area contributed by atoms with Gasteiger partial charge in [-0.05, 0) is 56.2 Å². The van der Waals surface area contributed by atoms with Crippen LogP contribution in [0, 0.1) is 0 Å². The van der Waals surface area contributed by atoms with Gasteiger partial charge in [-0.2, -0.15) is 13.2 Å². The van der Waals surface area contributed by atoms with Gasteiger partial charge in [0.25, 0.3) is 0 Å². The summed E-state index contributed by atoms with van der Waals surface area (Å²) >= 11 is 0. The summed E-state index contributed by atoms with van der Waals surface area (Å²) in [5, 5.41) is 13.6. The first-order valence-corrected chi connectivity index (χ1v) is 17.1. The summed E-state index contributed by atoms with van der Waals surface area (Å²) in [5.74, 6) is -0.158. The smallest absolute Gasteiger partial charge is 0.435 e. The van der Waals surface area contributed by atoms with E-state index in [0.717, 1.165) is 28.8 Å². The van der Waals surface area contributed by atoms with Gasteiger partial charge in [-0.1, -0.05) is 48.5 Å². The average Bonchev–Trinajstić information content (AvgIpc) is 3.96. The van der Waals surface area contributed by atoms with Gasteiger partial charge in [-0.3, -0.25) is 9.59 Å². The molecule has 0 bridgehead atoms. The molecule has 280 valence electrons. The molecule has 17 heteroatoms. The van der Waals surface area contributed by atoms with Crippen molar-refractivity contribution in [2.75, 3.05) is 20.2 Å². The Morgan fingerprint density at radius 3 is 1.85 bits per heavy atom. The summed E-state index contributed by atoms with van der Waals surface area (Å²) in [6, 6.07) is 11.3. The number of rotatable bonds is 9. The van der Waals surface area contributed by atoms with E-state index in [1.54, 1.807) is 35.4 Å². The molecule has 0 radical (unpaired) electrons. The van der Waals surface area contributed by atoms with Gasteiger partial charge in [0, 0.05) is 18.7 Å². The molecule has 2 aromatic heterocycles. The van der Waals surface area contributed by atoms with Crippen molar-refractivity contribution in [3.05, 3.63) is 72.1 Å². The number of hydrogen-bond acceptors (Lipinski definition) is 7. The lowest BCUT2D eigenvalue weighted by Gasteiger charge is -2.26. The number of imidazole rings is 2. The summed E-state index contributed by atoms with van der Waals surface area (Å²) in [6.45, 7) is 3.79. The lowest BCUT2D eigenvalue weighted by Crippen LogP contribution is -2.46. The number of carbonyl (C=O) groups excluding carboxylic acids is 3. The Morgan fingerprint density at radius 2 is 1.32 bits per heavy atom. The molecule has 4 atom stereocenters. The van der Waals surface area contributed by atoms with Gasteiger partial charge >= 0.3 is 18.4 Å². The van der Waals surface area contributed by atoms with Crippen molar-refractivity contribution in [1.82, 2.24) is 40.4 Å². The second kappa shape index (κ2) is 15.0. The zero-order valence-electron chi connectivity index (χ0n) is 29.2. The molecule has 5 N–H and O–H groups in total. The molecular weight excluding hydrogens is 697 g/mol. The van der Waals surface area contributed by atoms with Gasteiger partial charge in [0.1, 0.15) is 23.7 Å². The lowest BCUT2D eigenvalue weighted by atomic mass is 10.0. The van der Waals surface area contributed by atoms with Crippen LogP contribution in [0.3, 0.4) is 0 Å². The number of methoxy groups -OCH3 is 1. The number of H-pyrrole nitrogens is 2. The molecule has 0 unspecified atom stereocenters. The first kappa shape index (κ1) is 36.9. The number of likely N-dealkylation sites (tertiary alicyclic amines) is 2. The van der Waals surface area contributed by atoms with Crippen LogP contribution < -0.4 is 10.6 Å². The molecule has 0 aliphatic carbocycles. The van der Waals surface area contributed by atoms with E-state index in [2.05, 4.69) is 35.3 Å². The number of carboxylic acid groups (broad SMARTS) is 1. The van der Waals surface area contributed by atoms with Crippen molar-refractivity contribution in [1.29, 1.82) is 0 Å². The molecule has 2 aliphatic rings. The van der Waals surface area contributed by atoms with Gasteiger partial charge in [-0.15, -0.1) is 0 Å². The summed E-state index contributed by atoms with van der Waals surface area (Å²) in [4.78, 5) is 66.3. The topological polar surface area (TPSA) is 186 Å². The third kappa shape index (κ3) is 7.83. The molecule has 0 saturated carbocycles. The van der Waals surface area contributed by atoms with Crippen LogP contribution in [0.4, 0.5) is 22.8 Å². The highest BCUT2D eigenvalue weighted by Gasteiger charge is 2.41. The number of benzene rings is 2. The molecule has 6 rings (SSSR count). The van der Waals surface area contributed by atoms with E-state index in [1.165, 1.54) is 25.9 Å². The number of aromatic amines is 2. The van der Waals surface area contributed by atoms with Gasteiger partial charge in [0.2, 0.25) is 11.8 Å². The number of aromatic nitrogens is 4. The molecular formula is C36H39F3N8O6. The van der Waals surface area contributed by atoms with Crippen molar-refractivity contribution in [2.24, 2.45) is 0 Å². The number of amides is 4. The van der Waals surface area contributed by atoms with Crippen LogP contribution in [-0.2, 0) is 20.5 Å². The Morgan fingerprint density at radius 1 is 0.811 bits per heavy atom. The number of nitrogens with one attached hydrogen (secondary N) is 4. The molecule has 4 heterocycles. The Balaban J connectivity index is 1.17. The minimum Gasteiger partial charge on any atom is -0.465 e. The first-order valence-electron chi connectivity index (χ1n) is 17.1. The first-order chi connectivity index (χ1) is 25.2. The van der Waals surface area contributed by atoms with Gasteiger partial charge < -0.3 is 40.2 Å². The molecule has 4 amide bonds. The Kier molecular flexibility index (Phi) is 10.4. The van der Waals surface area contributed by atoms with Crippen molar-refractivity contribution in [3.8, 4) is 33.6 Å². The average molecular weight is 737 g/mol. The Hall–Kier alpha value is -5.87. The van der Waals surface area contributed by atoms with Crippen molar-refractivity contribution >= 4 is 24.0 Å². The molecule has 2 fully saturated rings. The van der Waals surface area contributed by atoms with Crippen molar-refractivity contribution in [2.45, 2.75) is 69.9 Å². The van der Waals surface area contributed by atoms with E-state index in [-0.39, 0.29) is 29.0 Å². The zero-order valence-corrected chi connectivity index (χ0v) is 29.2. The second-order valence-electron chi connectivity index (χ2n) is 13.1. The number of hydrogen-bond donors (Lipinski definition) is 5. The van der Waals surface area contributed by atoms with Crippen LogP contribution in [0.1, 0.15) is 69.0 Å². The van der Waals surface area contributed by atoms with Crippen molar-refractivity contribution in [3.63, 3.8) is 0 Å². The summed E-state index contributed by atoms with van der Waals surface area (Å²) in [6.07, 6.45) is -2.74. The fourth-order valence-electron chi connectivity index (χ4n) is 6.96. The van der Waals surface area contributed by atoms with Gasteiger partial charge in [-0.25, -0.2) is 19.6 Å². The summed E-state index contributed by atoms with van der Waals surface area (Å²) in [7, 11) is 1.17. The van der Waals surface area contributed by atoms with Gasteiger partial charge in [0.05, 0.1) is 36.8 Å². The normalized spacial score (nSPS) is 18.5. The number of nitrogens with zero attached hydrogens (tertiary/aromatic N) is 4. The maximum atomic E-state index is 14.3. The lowest BCUT2D eigenvalue weighted by molar-refractivity contribution is -0.140. The van der Waals surface area contributed by atoms with Crippen molar-refractivity contribution < 1.29 is 42.2 Å². The molecule has 53 heavy (non-hydrogen) atoms. The van der Waals surface area contributed by atoms with E-state index in [1.807, 2.05) is 24.3 Å². The molecule has 14 nitrogen and oxygen atoms in total. The molecule has 0 spiro atoms. The molecule has 2 aromatic carbocycles. The van der Waals surface area contributed by atoms with Crippen LogP contribution >= 0.6 is 0 Å². The molecule has 2 aliphatic heterocycles. The third-order valence-electron chi connectivity index (χ3n) is 9.59. The van der Waals surface area contributed by atoms with Crippen LogP contribution in [0.5, 0.6) is 0 Å². The standard InChI is InChI=1S/C36H39F3N8O6/c1-19(41-34(50)51)32(48)46-16-4-6-26(46)30-40-18-25(43-30)23-12-8-21(9-13-23)22-10-14-24(15-11-22)28-29(36(37,38)39)45-31(44-28)27-7-5-17-47(27)33(49)20(2)42-35(52)53-3/h8-15,18-20,26-27,41H,4-7,16-17H2,1-3H3,(H,40,43)(H,42,52)(H,44,45)(H,50,51)/t19-,20-,26-,27-/m0/s1. The van der Waals surface area contributed by atoms with Crippen LogP contribution in [0.25, 0.3) is 33.6 Å². The highest BCUT2D eigenvalue weighted by molar-refractivity contribution is 5.86. The number of ether oxygens (including phenoxy) is 1. The predicted octanol–water partition coefficient (Wildman–Crippen LogP) is 5.88. The van der Waals surface area contributed by atoms with Crippen LogP contribution in [0.2, 0.25) is 0 Å². The maximum Gasteiger partial charge on any atom is 0.435 e. The fraction of sp³-hybridized carbons (Fsp3) is 0.389. The number of carbonyl (C=O) groups is 4. The van der Waals surface area contributed by atoms with E-state index in [4.69, 9.17) is 5.11 Å². The van der Waals surface area contributed by atoms with E-state index >= 15 is 0 Å². The largest absolute Gasteiger partial charge is 0.465 e. The highest BCUT2D eigenvalue weighted by Crippen LogP contribution is 2.40. The number of alkyl carbamates (subject to hydrolysis) is 1. The highest BCUT2D eigenvalue weighted by atomic mass is 19.4. The maximum absolute atomic E-state index is 14.3. The Bertz CT molecular complexity index is 1980. The number of alkyl halides is 3. The number of halogens is 3. The predicted molar refractivity (Wildman–Crippen MR) is 185 cm³/mol. The van der Waals surface area contributed by atoms with E-state index < -0.39 is 48.1 Å². The van der Waals surface area contributed by atoms with E-state index in [0.29, 0.717) is 38.2 Å². The van der Waals surface area contributed by atoms with Crippen LogP contribution in [0.15, 0.2) is 54.7 Å². The minimum atomic E-state index is -4.76. The summed E-state index contributed by atoms with van der Waals surface area (Å²) in [5.41, 5.74) is 2.12. The SMILES string of the molecule is COC(=O)N[C@@H](C)C(=O)N1CCC[C@H]1c1nc(C(F)(F)F)c(-c2ccc(-c3ccc(-c4cnc([C@@H]5CCCN5C(=O)[C@H](C)NC(=O)O)[nH]4)cc3)cc2)[nH]1. The second-order valence-corrected chi connectivity index (χ2v) is 13.1. The quantitative estimate of drug-likeness (QED) is 0.141. The van der Waals surface area contributed by atoms with E-state index in [9.17, 15) is 32.3 Å². The minimum absolute atomic E-state index is 0.0158.